The highest BCUT2D eigenvalue weighted by atomic mass is 127. The predicted molar refractivity (Wildman–Crippen MR) is 62.5 cm³/mol. The fourth-order valence-electron chi connectivity index (χ4n) is 1.08. The van der Waals surface area contributed by atoms with Crippen molar-refractivity contribution in [2.24, 2.45) is 0 Å². The van der Waals surface area contributed by atoms with Gasteiger partial charge in [0.25, 0.3) is 0 Å². The lowest BCUT2D eigenvalue weighted by Crippen LogP contribution is -1.80. The van der Waals surface area contributed by atoms with Crippen molar-refractivity contribution in [1.82, 2.24) is 9.55 Å². The Kier molecular flexibility index (Phi) is 2.53. The van der Waals surface area contributed by atoms with Crippen molar-refractivity contribution in [1.29, 1.82) is 0 Å². The first-order chi connectivity index (χ1) is 5.83. The molecule has 1 aromatic carbocycles. The Morgan fingerprint density at radius 2 is 2.33 bits per heavy atom. The van der Waals surface area contributed by atoms with E-state index < -0.39 is 0 Å². The summed E-state index contributed by atoms with van der Waals surface area (Å²) >= 11 is 8.27. The number of hydrogen-bond donors (Lipinski definition) is 0. The van der Waals surface area contributed by atoms with E-state index in [-0.39, 0.29) is 0 Å². The molecule has 2 aromatic rings. The lowest BCUT2D eigenvalue weighted by atomic mass is 10.3. The van der Waals surface area contributed by atoms with Gasteiger partial charge in [0, 0.05) is 5.39 Å². The number of nitrogens with zero attached hydrogens (tertiary/aromatic N) is 2. The molecule has 0 aliphatic rings. The molecule has 0 spiro atoms. The second kappa shape index (κ2) is 3.48. The minimum atomic E-state index is 0.622. The van der Waals surface area contributed by atoms with Gasteiger partial charge in [0.2, 0.25) is 0 Å². The van der Waals surface area contributed by atoms with E-state index in [9.17, 15) is 0 Å². The van der Waals surface area contributed by atoms with Gasteiger partial charge in [-0.25, -0.2) is 4.45 Å². The number of benzene rings is 1. The topological polar surface area (TPSA) is 17.8 Å². The Labute approximate surface area is 89.6 Å². The second-order valence-corrected chi connectivity index (χ2v) is 4.76. The van der Waals surface area contributed by atoms with E-state index in [4.69, 9.17) is 11.6 Å². The summed E-state index contributed by atoms with van der Waals surface area (Å²) < 4.78 is 1.95. The second-order valence-electron chi connectivity index (χ2n) is 2.31. The molecule has 0 radical (unpaired) electrons. The number of hydrogen-bond acceptors (Lipinski definition) is 1. The van der Waals surface area contributed by atoms with Crippen molar-refractivity contribution in [3.05, 3.63) is 29.4 Å². The minimum Gasteiger partial charge on any atom is -0.237 e. The third-order valence-electron chi connectivity index (χ3n) is 1.64. The van der Waals surface area contributed by atoms with Crippen LogP contribution in [0.2, 0.25) is 5.02 Å². The molecular formula is C7H5ClIN2P. The first kappa shape index (κ1) is 8.73. The number of aromatic nitrogens is 2. The summed E-state index contributed by atoms with van der Waals surface area (Å²) in [7, 11) is 0. The molecule has 2 nitrogen and oxygen atoms in total. The zero-order valence-electron chi connectivity index (χ0n) is 5.96. The van der Waals surface area contributed by atoms with E-state index in [1.54, 1.807) is 0 Å². The first-order valence-corrected chi connectivity index (χ1v) is 7.76. The number of rotatable bonds is 1. The summed E-state index contributed by atoms with van der Waals surface area (Å²) in [6.45, 7) is 0. The molecule has 0 N–H and O–H groups in total. The molecule has 5 heteroatoms. The number of halogens is 2. The van der Waals surface area contributed by atoms with E-state index in [0.29, 0.717) is 6.37 Å². The van der Waals surface area contributed by atoms with Gasteiger partial charge < -0.3 is 0 Å². The quantitative estimate of drug-likeness (QED) is 0.582. The maximum Gasteiger partial charge on any atom is 0.0744 e. The van der Waals surface area contributed by atoms with Crippen LogP contribution in [0.4, 0.5) is 0 Å². The van der Waals surface area contributed by atoms with Crippen molar-refractivity contribution in [2.45, 2.75) is 0 Å². The zero-order chi connectivity index (χ0) is 8.55. The SMILES string of the molecule is Clc1cccc2c1cnn2PI. The molecule has 2 rings (SSSR count). The summed E-state index contributed by atoms with van der Waals surface area (Å²) in [6, 6.07) is 5.85. The highest BCUT2D eigenvalue weighted by molar-refractivity contribution is 14.2. The van der Waals surface area contributed by atoms with Crippen LogP contribution in [0.15, 0.2) is 24.4 Å². The van der Waals surface area contributed by atoms with E-state index in [1.807, 2.05) is 28.8 Å². The molecule has 0 fully saturated rings. The van der Waals surface area contributed by atoms with Crippen LogP contribution < -0.4 is 0 Å². The summed E-state index contributed by atoms with van der Waals surface area (Å²) in [5.41, 5.74) is 1.11. The third kappa shape index (κ3) is 1.34. The Morgan fingerprint density at radius 3 is 3.08 bits per heavy atom. The fraction of sp³-hybridized carbons (Fsp3) is 0. The monoisotopic (exact) mass is 310 g/mol. The molecular weight excluding hydrogens is 305 g/mol. The molecule has 0 saturated heterocycles. The molecule has 12 heavy (non-hydrogen) atoms. The van der Waals surface area contributed by atoms with Gasteiger partial charge in [0.1, 0.15) is 0 Å². The van der Waals surface area contributed by atoms with Gasteiger partial charge in [-0.05, 0) is 34.2 Å². The van der Waals surface area contributed by atoms with Crippen molar-refractivity contribution >= 4 is 50.9 Å². The predicted octanol–water partition coefficient (Wildman–Crippen LogP) is 3.48. The molecule has 0 bridgehead atoms. The van der Waals surface area contributed by atoms with Crippen LogP contribution in [0.5, 0.6) is 0 Å². The lowest BCUT2D eigenvalue weighted by Gasteiger charge is -1.96. The van der Waals surface area contributed by atoms with Crippen molar-refractivity contribution < 1.29 is 0 Å². The molecule has 0 aliphatic heterocycles. The van der Waals surface area contributed by atoms with E-state index >= 15 is 0 Å². The Hall–Kier alpha value is 0.140. The Balaban J connectivity index is 2.80. The van der Waals surface area contributed by atoms with Gasteiger partial charge in [-0.1, -0.05) is 17.7 Å². The van der Waals surface area contributed by atoms with Crippen LogP contribution in [0.25, 0.3) is 10.9 Å². The van der Waals surface area contributed by atoms with Crippen LogP contribution in [0, 0.1) is 0 Å². The highest BCUT2D eigenvalue weighted by Gasteiger charge is 2.03. The molecule has 62 valence electrons. The summed E-state index contributed by atoms with van der Waals surface area (Å²) in [4.78, 5) is 0. The molecule has 1 atom stereocenters. The van der Waals surface area contributed by atoms with E-state index in [2.05, 4.69) is 27.1 Å². The minimum absolute atomic E-state index is 0.622. The average molecular weight is 310 g/mol. The molecule has 0 amide bonds. The van der Waals surface area contributed by atoms with Gasteiger partial charge >= 0.3 is 0 Å². The highest BCUT2D eigenvalue weighted by Crippen LogP contribution is 2.30. The maximum atomic E-state index is 5.97. The normalized spacial score (nSPS) is 11.8. The van der Waals surface area contributed by atoms with Crippen molar-refractivity contribution in [3.63, 3.8) is 0 Å². The number of fused-ring (bicyclic) bond motifs is 1. The Morgan fingerprint density at radius 1 is 1.50 bits per heavy atom. The van der Waals surface area contributed by atoms with Crippen molar-refractivity contribution in [2.75, 3.05) is 0 Å². The van der Waals surface area contributed by atoms with Crippen LogP contribution in [-0.4, -0.2) is 9.55 Å². The van der Waals surface area contributed by atoms with Gasteiger partial charge in [-0.2, -0.15) is 5.10 Å². The van der Waals surface area contributed by atoms with Gasteiger partial charge in [0.05, 0.1) is 23.1 Å². The molecule has 0 aliphatic carbocycles. The van der Waals surface area contributed by atoms with Gasteiger partial charge in [-0.3, -0.25) is 0 Å². The summed E-state index contributed by atoms with van der Waals surface area (Å²) in [5.74, 6) is 0. The zero-order valence-corrected chi connectivity index (χ0v) is 9.87. The largest absolute Gasteiger partial charge is 0.237 e. The van der Waals surface area contributed by atoms with E-state index in [1.165, 1.54) is 0 Å². The molecule has 0 saturated carbocycles. The maximum absolute atomic E-state index is 5.97. The van der Waals surface area contributed by atoms with Crippen LogP contribution >= 0.6 is 40.0 Å². The average Bonchev–Trinajstić information content (AvgIpc) is 2.49. The van der Waals surface area contributed by atoms with Gasteiger partial charge in [-0.15, -0.1) is 0 Å². The van der Waals surface area contributed by atoms with Crippen LogP contribution in [0.1, 0.15) is 0 Å². The lowest BCUT2D eigenvalue weighted by molar-refractivity contribution is 1.04. The molecule has 1 unspecified atom stereocenters. The smallest absolute Gasteiger partial charge is 0.0744 e. The fourth-order valence-corrected chi connectivity index (χ4v) is 2.84. The van der Waals surface area contributed by atoms with Crippen LogP contribution in [-0.2, 0) is 0 Å². The molecule has 1 aromatic heterocycles. The van der Waals surface area contributed by atoms with E-state index in [0.717, 1.165) is 15.9 Å². The standard InChI is InChI=1S/C7H5ClIN2P/c8-6-2-1-3-7-5(6)4-10-11(7)12-9/h1-4,12H. The first-order valence-electron chi connectivity index (χ1n) is 3.32. The molecule has 1 heterocycles. The van der Waals surface area contributed by atoms with Crippen molar-refractivity contribution in [3.8, 4) is 0 Å². The summed E-state index contributed by atoms with van der Waals surface area (Å²) in [6.07, 6.45) is 2.43. The third-order valence-corrected chi connectivity index (χ3v) is 3.86. The summed E-state index contributed by atoms with van der Waals surface area (Å²) in [5, 5.41) is 6.01. The van der Waals surface area contributed by atoms with Gasteiger partial charge in [0.15, 0.2) is 0 Å². The van der Waals surface area contributed by atoms with Crippen LogP contribution in [0.3, 0.4) is 0 Å². The Bertz CT molecular complexity index is 415.